The summed E-state index contributed by atoms with van der Waals surface area (Å²) in [6.45, 7) is 0.968. The van der Waals surface area contributed by atoms with Gasteiger partial charge in [0.1, 0.15) is 11.6 Å². The quantitative estimate of drug-likeness (QED) is 0.223. The summed E-state index contributed by atoms with van der Waals surface area (Å²) in [5.74, 6) is -2.19. The summed E-state index contributed by atoms with van der Waals surface area (Å²) < 4.78 is 10.8. The first-order valence-electron chi connectivity index (χ1n) is 10.6. The van der Waals surface area contributed by atoms with Crippen LogP contribution in [-0.4, -0.2) is 43.8 Å². The number of hydrogen-bond donors (Lipinski definition) is 0. The zero-order valence-electron chi connectivity index (χ0n) is 18.0. The van der Waals surface area contributed by atoms with E-state index in [4.69, 9.17) is 9.15 Å². The zero-order valence-corrected chi connectivity index (χ0v) is 18.8. The lowest BCUT2D eigenvalue weighted by atomic mass is 9.99. The number of aromatic nitrogens is 2. The molecule has 2 aromatic heterocycles. The normalized spacial score (nSPS) is 15.7. The minimum Gasteiger partial charge on any atom is -0.454 e. The minimum absolute atomic E-state index is 0.0694. The van der Waals surface area contributed by atoms with Crippen LogP contribution in [0.3, 0.4) is 0 Å². The summed E-state index contributed by atoms with van der Waals surface area (Å²) in [6.07, 6.45) is 4.39. The first kappa shape index (κ1) is 21.9. The number of imide groups is 1. The van der Waals surface area contributed by atoms with Crippen LogP contribution >= 0.6 is 11.3 Å². The molecule has 12 heteroatoms. The van der Waals surface area contributed by atoms with Crippen LogP contribution in [0.4, 0.5) is 5.69 Å². The molecule has 0 bridgehead atoms. The Morgan fingerprint density at radius 3 is 2.82 bits per heavy atom. The molecule has 0 saturated heterocycles. The predicted molar refractivity (Wildman–Crippen MR) is 117 cm³/mol. The van der Waals surface area contributed by atoms with E-state index in [9.17, 15) is 24.5 Å². The average molecular weight is 482 g/mol. The van der Waals surface area contributed by atoms with Gasteiger partial charge in [-0.25, -0.2) is 4.79 Å². The van der Waals surface area contributed by atoms with Crippen LogP contribution in [0.1, 0.15) is 56.8 Å². The molecule has 3 heterocycles. The van der Waals surface area contributed by atoms with E-state index in [1.54, 1.807) is 11.3 Å². The number of hydrogen-bond acceptors (Lipinski definition) is 10. The summed E-state index contributed by atoms with van der Waals surface area (Å²) in [6, 6.07) is 4.49. The molecular weight excluding hydrogens is 464 g/mol. The lowest BCUT2D eigenvalue weighted by Gasteiger charge is -2.20. The van der Waals surface area contributed by atoms with Crippen molar-refractivity contribution in [3.05, 3.63) is 61.8 Å². The highest BCUT2D eigenvalue weighted by molar-refractivity contribution is 7.15. The first-order valence-corrected chi connectivity index (χ1v) is 11.4. The number of aryl methyl sites for hydroxylation is 2. The summed E-state index contributed by atoms with van der Waals surface area (Å²) in [4.78, 5) is 51.4. The highest BCUT2D eigenvalue weighted by atomic mass is 32.1. The summed E-state index contributed by atoms with van der Waals surface area (Å²) >= 11 is 1.61. The molecule has 0 saturated carbocycles. The van der Waals surface area contributed by atoms with Crippen molar-refractivity contribution >= 4 is 34.8 Å². The molecule has 0 unspecified atom stereocenters. The molecule has 3 aromatic rings. The number of nitro benzene ring substituents is 1. The monoisotopic (exact) mass is 482 g/mol. The predicted octanol–water partition coefficient (Wildman–Crippen LogP) is 3.31. The van der Waals surface area contributed by atoms with Crippen LogP contribution in [-0.2, 0) is 29.0 Å². The Morgan fingerprint density at radius 1 is 1.26 bits per heavy atom. The Bertz CT molecular complexity index is 1320. The van der Waals surface area contributed by atoms with Crippen molar-refractivity contribution in [2.75, 3.05) is 0 Å². The highest BCUT2D eigenvalue weighted by Gasteiger charge is 2.45. The number of carbonyl (C=O) groups is 3. The van der Waals surface area contributed by atoms with Gasteiger partial charge in [0, 0.05) is 10.9 Å². The van der Waals surface area contributed by atoms with E-state index in [1.165, 1.54) is 29.5 Å². The van der Waals surface area contributed by atoms with Crippen LogP contribution in [0, 0.1) is 10.1 Å². The van der Waals surface area contributed by atoms with Crippen molar-refractivity contribution in [1.29, 1.82) is 0 Å². The minimum atomic E-state index is -1.31. The number of carbonyl (C=O) groups excluding carboxylic acids is 3. The molecule has 0 fully saturated rings. The second kappa shape index (κ2) is 8.45. The largest absolute Gasteiger partial charge is 0.454 e. The van der Waals surface area contributed by atoms with E-state index < -0.39 is 34.4 Å². The van der Waals surface area contributed by atoms with Gasteiger partial charge in [-0.1, -0.05) is 6.07 Å². The standard InChI is InChI=1S/C22H18N4O7S/c1-11(25-20(27)13-6-4-7-14(26(30)31)18(13)21(25)28)22(29)32-10-17-23-24-19(33-17)16-9-12-5-2-3-8-15(12)34-16/h4,6-7,9,11H,2-3,5,8,10H2,1H3/t11-/m0/s1. The number of fused-ring (bicyclic) bond motifs is 2. The molecule has 34 heavy (non-hydrogen) atoms. The topological polar surface area (TPSA) is 146 Å². The summed E-state index contributed by atoms with van der Waals surface area (Å²) in [5, 5.41) is 19.2. The molecule has 1 aromatic carbocycles. The molecule has 0 radical (unpaired) electrons. The van der Waals surface area contributed by atoms with Gasteiger partial charge in [0.2, 0.25) is 0 Å². The SMILES string of the molecule is C[C@@H](C(=O)OCc1nnc(-c2cc3c(s2)CCCC3)o1)N1C(=O)c2cccc([N+](=O)[O-])c2C1=O. The van der Waals surface area contributed by atoms with Crippen molar-refractivity contribution in [3.8, 4) is 10.8 Å². The fraction of sp³-hybridized carbons (Fsp3) is 0.318. The molecule has 0 N–H and O–H groups in total. The third kappa shape index (κ3) is 3.65. The Hall–Kier alpha value is -3.93. The van der Waals surface area contributed by atoms with Gasteiger partial charge in [0.15, 0.2) is 6.61 Å². The molecule has 0 spiro atoms. The number of benzene rings is 1. The van der Waals surface area contributed by atoms with Crippen LogP contribution in [0.25, 0.3) is 10.8 Å². The smallest absolute Gasteiger partial charge is 0.329 e. The fourth-order valence-corrected chi connectivity index (χ4v) is 5.33. The van der Waals surface area contributed by atoms with Crippen LogP contribution in [0.15, 0.2) is 28.7 Å². The van der Waals surface area contributed by atoms with Crippen molar-refractivity contribution in [2.45, 2.75) is 45.3 Å². The van der Waals surface area contributed by atoms with Gasteiger partial charge in [-0.05, 0) is 50.3 Å². The maximum Gasteiger partial charge on any atom is 0.329 e. The molecule has 174 valence electrons. The van der Waals surface area contributed by atoms with Crippen molar-refractivity contribution in [1.82, 2.24) is 15.1 Å². The molecule has 5 rings (SSSR count). The molecule has 2 aliphatic rings. The van der Waals surface area contributed by atoms with Crippen molar-refractivity contribution in [3.63, 3.8) is 0 Å². The summed E-state index contributed by atoms with van der Waals surface area (Å²) in [5.41, 5.74) is 0.344. The van der Waals surface area contributed by atoms with E-state index >= 15 is 0 Å². The van der Waals surface area contributed by atoms with Gasteiger partial charge in [-0.15, -0.1) is 21.5 Å². The van der Waals surface area contributed by atoms with Gasteiger partial charge in [-0.2, -0.15) is 0 Å². The third-order valence-electron chi connectivity index (χ3n) is 5.86. The molecule has 2 amide bonds. The van der Waals surface area contributed by atoms with Gasteiger partial charge >= 0.3 is 5.97 Å². The Kier molecular flexibility index (Phi) is 5.44. The first-order chi connectivity index (χ1) is 16.3. The molecule has 11 nitrogen and oxygen atoms in total. The lowest BCUT2D eigenvalue weighted by molar-refractivity contribution is -0.385. The van der Waals surface area contributed by atoms with Crippen LogP contribution in [0.2, 0.25) is 0 Å². The number of amides is 2. The van der Waals surface area contributed by atoms with Gasteiger partial charge in [-0.3, -0.25) is 24.6 Å². The number of nitrogens with zero attached hydrogens (tertiary/aromatic N) is 4. The third-order valence-corrected chi connectivity index (χ3v) is 7.09. The number of esters is 1. The number of nitro groups is 1. The van der Waals surface area contributed by atoms with E-state index in [1.807, 2.05) is 6.07 Å². The maximum atomic E-state index is 12.7. The Balaban J connectivity index is 1.26. The molecule has 1 aliphatic carbocycles. The summed E-state index contributed by atoms with van der Waals surface area (Å²) in [7, 11) is 0. The second-order valence-corrected chi connectivity index (χ2v) is 9.12. The van der Waals surface area contributed by atoms with Crippen LogP contribution in [0.5, 0.6) is 0 Å². The average Bonchev–Trinajstić information content (AvgIpc) is 3.53. The lowest BCUT2D eigenvalue weighted by Crippen LogP contribution is -2.43. The number of rotatable bonds is 6. The van der Waals surface area contributed by atoms with E-state index in [-0.39, 0.29) is 23.6 Å². The number of ether oxygens (including phenoxy) is 1. The highest BCUT2D eigenvalue weighted by Crippen LogP contribution is 2.35. The second-order valence-electron chi connectivity index (χ2n) is 7.99. The van der Waals surface area contributed by atoms with Crippen LogP contribution < -0.4 is 0 Å². The van der Waals surface area contributed by atoms with Gasteiger partial charge in [0.05, 0.1) is 15.4 Å². The number of thiophene rings is 1. The van der Waals surface area contributed by atoms with E-state index in [2.05, 4.69) is 10.2 Å². The van der Waals surface area contributed by atoms with Gasteiger partial charge < -0.3 is 9.15 Å². The fourth-order valence-electron chi connectivity index (χ4n) is 4.16. The van der Waals surface area contributed by atoms with Crippen molar-refractivity contribution in [2.24, 2.45) is 0 Å². The molecular formula is C22H18N4O7S. The zero-order chi connectivity index (χ0) is 24.0. The van der Waals surface area contributed by atoms with E-state index in [0.29, 0.717) is 10.8 Å². The molecule has 1 aliphatic heterocycles. The Morgan fingerprint density at radius 2 is 2.06 bits per heavy atom. The van der Waals surface area contributed by atoms with E-state index in [0.717, 1.165) is 36.6 Å². The maximum absolute atomic E-state index is 12.7. The Labute approximate surface area is 196 Å². The molecule has 1 atom stereocenters. The van der Waals surface area contributed by atoms with Gasteiger partial charge in [0.25, 0.3) is 29.3 Å². The van der Waals surface area contributed by atoms with Crippen molar-refractivity contribution < 1.29 is 28.5 Å².